The van der Waals surface area contributed by atoms with Gasteiger partial charge in [-0.15, -0.1) is 0 Å². The van der Waals surface area contributed by atoms with E-state index in [1.54, 1.807) is 0 Å². The molecule has 5 atom stereocenters. The molecular formula is C11H20N2O7. The van der Waals surface area contributed by atoms with Crippen LogP contribution in [0.15, 0.2) is 0 Å². The molecule has 2 aliphatic heterocycles. The van der Waals surface area contributed by atoms with Crippen LogP contribution in [0.3, 0.4) is 0 Å². The second kappa shape index (κ2) is 6.76. The van der Waals surface area contributed by atoms with Crippen molar-refractivity contribution >= 4 is 5.97 Å². The highest BCUT2D eigenvalue weighted by atomic mass is 16.8. The Morgan fingerprint density at radius 3 is 2.60 bits per heavy atom. The number of hydroxylamine groups is 1. The summed E-state index contributed by atoms with van der Waals surface area (Å²) in [7, 11) is 0. The van der Waals surface area contributed by atoms with Crippen LogP contribution < -0.4 is 5.43 Å². The molecule has 0 saturated carbocycles. The number of carbonyl (C=O) groups is 1. The number of rotatable bonds is 2. The van der Waals surface area contributed by atoms with Crippen molar-refractivity contribution in [2.24, 2.45) is 0 Å². The molecule has 0 aromatic rings. The van der Waals surface area contributed by atoms with Crippen LogP contribution in [0.1, 0.15) is 19.3 Å². The van der Waals surface area contributed by atoms with Gasteiger partial charge in [0.2, 0.25) is 0 Å². The fourth-order valence-corrected chi connectivity index (χ4v) is 2.13. The fourth-order valence-electron chi connectivity index (χ4n) is 2.13. The van der Waals surface area contributed by atoms with E-state index in [-0.39, 0.29) is 0 Å². The lowest BCUT2D eigenvalue weighted by molar-refractivity contribution is -0.291. The summed E-state index contributed by atoms with van der Waals surface area (Å²) in [6, 6.07) is 0. The average molecular weight is 292 g/mol. The van der Waals surface area contributed by atoms with Crippen molar-refractivity contribution in [1.82, 2.24) is 10.6 Å². The van der Waals surface area contributed by atoms with Gasteiger partial charge in [0.25, 0.3) is 0 Å². The first-order valence-corrected chi connectivity index (χ1v) is 6.61. The smallest absolute Gasteiger partial charge is 0.358 e. The van der Waals surface area contributed by atoms with Crippen LogP contribution in [0.2, 0.25) is 0 Å². The van der Waals surface area contributed by atoms with Crippen molar-refractivity contribution < 1.29 is 34.8 Å². The van der Waals surface area contributed by atoms with Crippen molar-refractivity contribution in [3.63, 3.8) is 0 Å². The van der Waals surface area contributed by atoms with Gasteiger partial charge < -0.3 is 30.0 Å². The number of nitrogens with one attached hydrogen (secondary N) is 1. The Labute approximate surface area is 115 Å². The van der Waals surface area contributed by atoms with Crippen LogP contribution in [-0.4, -0.2) is 75.4 Å². The maximum Gasteiger partial charge on any atom is 0.358 e. The number of nitrogens with zero attached hydrogens (tertiary/aromatic N) is 1. The Bertz CT molecular complexity index is 335. The number of aliphatic hydroxyl groups excluding tert-OH is 4. The Kier molecular flexibility index (Phi) is 5.27. The third-order valence-corrected chi connectivity index (χ3v) is 3.35. The summed E-state index contributed by atoms with van der Waals surface area (Å²) in [4.78, 5) is 16.9. The molecule has 2 heterocycles. The highest BCUT2D eigenvalue weighted by Gasteiger charge is 2.47. The third-order valence-electron chi connectivity index (χ3n) is 3.35. The van der Waals surface area contributed by atoms with Crippen LogP contribution >= 0.6 is 0 Å². The largest absolute Gasteiger partial charge is 0.387 e. The molecule has 9 heteroatoms. The first-order valence-electron chi connectivity index (χ1n) is 6.61. The van der Waals surface area contributed by atoms with Crippen molar-refractivity contribution in [3.8, 4) is 0 Å². The van der Waals surface area contributed by atoms with Gasteiger partial charge in [-0.1, -0.05) is 11.6 Å². The molecule has 0 bridgehead atoms. The van der Waals surface area contributed by atoms with Gasteiger partial charge in [0.05, 0.1) is 6.54 Å². The fraction of sp³-hybridized carbons (Fsp3) is 0.909. The minimum atomic E-state index is -1.76. The topological polar surface area (TPSA) is 132 Å². The van der Waals surface area contributed by atoms with Crippen molar-refractivity contribution in [1.29, 1.82) is 0 Å². The summed E-state index contributed by atoms with van der Waals surface area (Å²) in [5.74, 6) is -0.947. The summed E-state index contributed by atoms with van der Waals surface area (Å²) >= 11 is 0. The normalized spacial score (nSPS) is 40.1. The maximum atomic E-state index is 11.9. The van der Waals surface area contributed by atoms with Crippen molar-refractivity contribution in [2.75, 3.05) is 13.1 Å². The Morgan fingerprint density at radius 2 is 1.85 bits per heavy atom. The molecule has 0 aromatic heterocycles. The molecule has 20 heavy (non-hydrogen) atoms. The lowest BCUT2D eigenvalue weighted by Crippen LogP contribution is -2.60. The Morgan fingerprint density at radius 1 is 1.10 bits per heavy atom. The number of aliphatic hydroxyl groups is 4. The van der Waals surface area contributed by atoms with Gasteiger partial charge in [0.1, 0.15) is 18.3 Å². The first-order chi connectivity index (χ1) is 9.50. The minimum Gasteiger partial charge on any atom is -0.387 e. The highest BCUT2D eigenvalue weighted by molar-refractivity contribution is 5.75. The number of hydrazine groups is 1. The molecule has 2 fully saturated rings. The van der Waals surface area contributed by atoms with Crippen LogP contribution in [-0.2, 0) is 14.4 Å². The van der Waals surface area contributed by atoms with Gasteiger partial charge in [0.15, 0.2) is 12.4 Å². The van der Waals surface area contributed by atoms with E-state index in [0.717, 1.165) is 19.3 Å². The zero-order valence-corrected chi connectivity index (χ0v) is 10.9. The monoisotopic (exact) mass is 292 g/mol. The molecule has 5 N–H and O–H groups in total. The SMILES string of the molecule is O=C(ON1CCCCCN1)[C@H]1O[C@@H](O)[C@H](O)[C@@H](O)[C@@H]1O. The van der Waals surface area contributed by atoms with Gasteiger partial charge in [-0.05, 0) is 12.8 Å². The molecule has 0 spiro atoms. The standard InChI is InChI=1S/C11H20N2O7/c14-6-7(15)9(19-10(17)8(6)16)11(18)20-13-5-3-1-2-4-12-13/h6-10,12,14-17H,1-5H2/t6-,7-,8+,9-,10+/m0/s1. The quantitative estimate of drug-likeness (QED) is 0.367. The number of ether oxygens (including phenoxy) is 1. The average Bonchev–Trinajstić information content (AvgIpc) is 2.69. The molecule has 0 unspecified atom stereocenters. The van der Waals surface area contributed by atoms with E-state index in [2.05, 4.69) is 5.43 Å². The van der Waals surface area contributed by atoms with Crippen molar-refractivity contribution in [2.45, 2.75) is 50.0 Å². The van der Waals surface area contributed by atoms with E-state index < -0.39 is 36.7 Å². The molecule has 9 nitrogen and oxygen atoms in total. The minimum absolute atomic E-state index is 0.488. The van der Waals surface area contributed by atoms with Gasteiger partial charge in [-0.25, -0.2) is 10.2 Å². The van der Waals surface area contributed by atoms with Crippen LogP contribution in [0, 0.1) is 0 Å². The first kappa shape index (κ1) is 15.6. The molecule has 0 radical (unpaired) electrons. The van der Waals surface area contributed by atoms with E-state index >= 15 is 0 Å². The van der Waals surface area contributed by atoms with E-state index in [1.807, 2.05) is 0 Å². The highest BCUT2D eigenvalue weighted by Crippen LogP contribution is 2.21. The number of carbonyl (C=O) groups excluding carboxylic acids is 1. The van der Waals surface area contributed by atoms with E-state index in [4.69, 9.17) is 9.57 Å². The molecule has 2 rings (SSSR count). The summed E-state index contributed by atoms with van der Waals surface area (Å²) in [5, 5.41) is 39.1. The van der Waals surface area contributed by atoms with Gasteiger partial charge in [0, 0.05) is 6.54 Å². The van der Waals surface area contributed by atoms with Gasteiger partial charge in [-0.2, -0.15) is 0 Å². The lowest BCUT2D eigenvalue weighted by atomic mass is 9.99. The molecule has 0 aliphatic carbocycles. The summed E-state index contributed by atoms with van der Waals surface area (Å²) < 4.78 is 4.78. The molecule has 0 aromatic carbocycles. The van der Waals surface area contributed by atoms with E-state index in [0.29, 0.717) is 13.1 Å². The maximum absolute atomic E-state index is 11.9. The Balaban J connectivity index is 1.93. The predicted molar refractivity (Wildman–Crippen MR) is 63.6 cm³/mol. The zero-order chi connectivity index (χ0) is 14.7. The van der Waals surface area contributed by atoms with Crippen LogP contribution in [0.5, 0.6) is 0 Å². The molecule has 2 saturated heterocycles. The predicted octanol–water partition coefficient (Wildman–Crippen LogP) is -2.76. The number of hydrogen-bond acceptors (Lipinski definition) is 9. The van der Waals surface area contributed by atoms with Gasteiger partial charge >= 0.3 is 5.97 Å². The van der Waals surface area contributed by atoms with Crippen LogP contribution in [0.25, 0.3) is 0 Å². The summed E-state index contributed by atoms with van der Waals surface area (Å²) in [6.07, 6.45) is -5.55. The number of hydrogen-bond donors (Lipinski definition) is 5. The van der Waals surface area contributed by atoms with E-state index in [1.165, 1.54) is 5.17 Å². The van der Waals surface area contributed by atoms with Crippen LogP contribution in [0.4, 0.5) is 0 Å². The molecule has 2 aliphatic rings. The summed E-state index contributed by atoms with van der Waals surface area (Å²) in [5.41, 5.74) is 2.88. The molecule has 116 valence electrons. The van der Waals surface area contributed by atoms with Gasteiger partial charge in [-0.3, -0.25) is 0 Å². The lowest BCUT2D eigenvalue weighted by Gasteiger charge is -2.37. The molecule has 0 amide bonds. The van der Waals surface area contributed by atoms with E-state index in [9.17, 15) is 25.2 Å². The Hall–Kier alpha value is -0.810. The third kappa shape index (κ3) is 3.44. The zero-order valence-electron chi connectivity index (χ0n) is 10.9. The van der Waals surface area contributed by atoms with Crippen molar-refractivity contribution in [3.05, 3.63) is 0 Å². The molecular weight excluding hydrogens is 272 g/mol. The second-order valence-electron chi connectivity index (χ2n) is 4.90. The summed E-state index contributed by atoms with van der Waals surface area (Å²) in [6.45, 7) is 1.15. The second-order valence-corrected chi connectivity index (χ2v) is 4.90.